The van der Waals surface area contributed by atoms with E-state index in [1.165, 1.54) is 5.56 Å². The molecule has 0 bridgehead atoms. The van der Waals surface area contributed by atoms with E-state index in [4.69, 9.17) is 0 Å². The molecule has 0 heterocycles. The van der Waals surface area contributed by atoms with E-state index in [1.54, 1.807) is 0 Å². The Bertz CT molecular complexity index is 438. The summed E-state index contributed by atoms with van der Waals surface area (Å²) in [7, 11) is 0. The van der Waals surface area contributed by atoms with E-state index < -0.39 is 5.97 Å². The SMILES string of the molecule is C=CC[C@H]1[C@@H](C(=O)O)[C@]1(C)CCc1ccccc1. The van der Waals surface area contributed by atoms with Crippen LogP contribution >= 0.6 is 0 Å². The fraction of sp³-hybridized carbons (Fsp3) is 0.438. The first-order chi connectivity index (χ1) is 8.59. The molecule has 1 N–H and O–H groups in total. The van der Waals surface area contributed by atoms with E-state index in [0.717, 1.165) is 19.3 Å². The van der Waals surface area contributed by atoms with Gasteiger partial charge in [-0.05, 0) is 36.2 Å². The van der Waals surface area contributed by atoms with Crippen molar-refractivity contribution in [3.8, 4) is 0 Å². The summed E-state index contributed by atoms with van der Waals surface area (Å²) in [5, 5.41) is 9.25. The quantitative estimate of drug-likeness (QED) is 0.777. The van der Waals surface area contributed by atoms with Gasteiger partial charge >= 0.3 is 5.97 Å². The van der Waals surface area contributed by atoms with Gasteiger partial charge in [-0.15, -0.1) is 6.58 Å². The van der Waals surface area contributed by atoms with Crippen LogP contribution in [0.4, 0.5) is 0 Å². The second-order valence-electron chi connectivity index (χ2n) is 5.44. The fourth-order valence-corrected chi connectivity index (χ4v) is 3.10. The molecule has 0 unspecified atom stereocenters. The van der Waals surface area contributed by atoms with Crippen molar-refractivity contribution in [2.45, 2.75) is 26.2 Å². The maximum atomic E-state index is 11.2. The highest BCUT2D eigenvalue weighted by Gasteiger charge is 2.63. The van der Waals surface area contributed by atoms with Crippen LogP contribution in [0.3, 0.4) is 0 Å². The van der Waals surface area contributed by atoms with Crippen molar-refractivity contribution < 1.29 is 9.90 Å². The zero-order valence-electron chi connectivity index (χ0n) is 10.8. The van der Waals surface area contributed by atoms with Crippen LogP contribution in [0, 0.1) is 17.3 Å². The lowest BCUT2D eigenvalue weighted by Gasteiger charge is -2.10. The molecule has 1 aromatic rings. The topological polar surface area (TPSA) is 37.3 Å². The highest BCUT2D eigenvalue weighted by molar-refractivity contribution is 5.75. The molecule has 0 saturated heterocycles. The molecule has 0 aliphatic heterocycles. The van der Waals surface area contributed by atoms with Crippen LogP contribution in [0.5, 0.6) is 0 Å². The Hall–Kier alpha value is -1.57. The van der Waals surface area contributed by atoms with Crippen LogP contribution in [0.15, 0.2) is 43.0 Å². The molecule has 18 heavy (non-hydrogen) atoms. The van der Waals surface area contributed by atoms with Gasteiger partial charge in [-0.1, -0.05) is 43.3 Å². The van der Waals surface area contributed by atoms with E-state index >= 15 is 0 Å². The van der Waals surface area contributed by atoms with Gasteiger partial charge in [0.1, 0.15) is 0 Å². The Morgan fingerprint density at radius 2 is 2.11 bits per heavy atom. The summed E-state index contributed by atoms with van der Waals surface area (Å²) >= 11 is 0. The normalized spacial score (nSPS) is 29.8. The predicted molar refractivity (Wildman–Crippen MR) is 72.3 cm³/mol. The van der Waals surface area contributed by atoms with Crippen LogP contribution in [0.2, 0.25) is 0 Å². The number of allylic oxidation sites excluding steroid dienone is 1. The van der Waals surface area contributed by atoms with Gasteiger partial charge in [0.2, 0.25) is 0 Å². The average Bonchev–Trinajstić information content (AvgIpc) is 2.94. The molecule has 2 nitrogen and oxygen atoms in total. The third kappa shape index (κ3) is 2.33. The maximum absolute atomic E-state index is 11.2. The van der Waals surface area contributed by atoms with Crippen LogP contribution in [0.25, 0.3) is 0 Å². The lowest BCUT2D eigenvalue weighted by molar-refractivity contribution is -0.139. The first-order valence-electron chi connectivity index (χ1n) is 6.47. The number of hydrogen-bond acceptors (Lipinski definition) is 1. The lowest BCUT2D eigenvalue weighted by atomic mass is 9.94. The minimum absolute atomic E-state index is 0.0597. The number of hydrogen-bond donors (Lipinski definition) is 1. The molecule has 1 saturated carbocycles. The molecular formula is C16H20O2. The summed E-state index contributed by atoms with van der Waals surface area (Å²) < 4.78 is 0. The molecule has 0 amide bonds. The number of rotatable bonds is 6. The Morgan fingerprint density at radius 1 is 1.44 bits per heavy atom. The lowest BCUT2D eigenvalue weighted by Crippen LogP contribution is -2.08. The molecule has 0 radical (unpaired) electrons. The van der Waals surface area contributed by atoms with Crippen molar-refractivity contribution in [1.29, 1.82) is 0 Å². The fourth-order valence-electron chi connectivity index (χ4n) is 3.10. The van der Waals surface area contributed by atoms with Gasteiger partial charge in [0, 0.05) is 0 Å². The molecule has 96 valence electrons. The molecule has 0 aromatic heterocycles. The van der Waals surface area contributed by atoms with Crippen molar-refractivity contribution in [1.82, 2.24) is 0 Å². The van der Waals surface area contributed by atoms with E-state index in [9.17, 15) is 9.90 Å². The Balaban J connectivity index is 1.99. The monoisotopic (exact) mass is 244 g/mol. The highest BCUT2D eigenvalue weighted by Crippen LogP contribution is 2.63. The minimum Gasteiger partial charge on any atom is -0.481 e. The van der Waals surface area contributed by atoms with Crippen LogP contribution in [0.1, 0.15) is 25.3 Å². The van der Waals surface area contributed by atoms with E-state index in [-0.39, 0.29) is 17.3 Å². The van der Waals surface area contributed by atoms with E-state index in [2.05, 4.69) is 25.6 Å². The van der Waals surface area contributed by atoms with Gasteiger partial charge in [-0.2, -0.15) is 0 Å². The third-order valence-corrected chi connectivity index (χ3v) is 4.33. The molecule has 2 rings (SSSR count). The molecule has 1 aliphatic carbocycles. The van der Waals surface area contributed by atoms with Gasteiger partial charge in [0.25, 0.3) is 0 Å². The standard InChI is InChI=1S/C16H20O2/c1-3-7-13-14(15(17)18)16(13,2)11-10-12-8-5-4-6-9-12/h3-6,8-9,13-14H,1,7,10-11H2,2H3,(H,17,18)/t13-,14-,16+/m0/s1. The van der Waals surface area contributed by atoms with Crippen LogP contribution < -0.4 is 0 Å². The minimum atomic E-state index is -0.655. The maximum Gasteiger partial charge on any atom is 0.307 e. The molecule has 1 fully saturated rings. The van der Waals surface area contributed by atoms with E-state index in [1.807, 2.05) is 24.3 Å². The second-order valence-corrected chi connectivity index (χ2v) is 5.44. The Labute approximate surface area is 108 Å². The Morgan fingerprint density at radius 3 is 2.67 bits per heavy atom. The first-order valence-corrected chi connectivity index (χ1v) is 6.47. The van der Waals surface area contributed by atoms with Gasteiger partial charge in [0.15, 0.2) is 0 Å². The van der Waals surface area contributed by atoms with Crippen molar-refractivity contribution in [2.24, 2.45) is 17.3 Å². The number of carboxylic acids is 1. The number of carboxylic acid groups (broad SMARTS) is 1. The molecule has 0 spiro atoms. The number of carbonyl (C=O) groups is 1. The number of benzene rings is 1. The first kappa shape index (κ1) is 12.9. The summed E-state index contributed by atoms with van der Waals surface area (Å²) in [6.45, 7) is 5.83. The van der Waals surface area contributed by atoms with Crippen LogP contribution in [-0.2, 0) is 11.2 Å². The summed E-state index contributed by atoms with van der Waals surface area (Å²) in [6.07, 6.45) is 4.54. The molecular weight excluding hydrogens is 224 g/mol. The van der Waals surface area contributed by atoms with Gasteiger partial charge in [-0.25, -0.2) is 0 Å². The smallest absolute Gasteiger partial charge is 0.307 e. The summed E-state index contributed by atoms with van der Waals surface area (Å²) in [6, 6.07) is 10.3. The molecule has 3 atom stereocenters. The van der Waals surface area contributed by atoms with Gasteiger partial charge in [-0.3, -0.25) is 4.79 Å². The van der Waals surface area contributed by atoms with Gasteiger partial charge < -0.3 is 5.11 Å². The molecule has 2 heteroatoms. The molecule has 1 aliphatic rings. The average molecular weight is 244 g/mol. The summed E-state index contributed by atoms with van der Waals surface area (Å²) in [4.78, 5) is 11.2. The number of aliphatic carboxylic acids is 1. The zero-order chi connectivity index (χ0) is 13.2. The largest absolute Gasteiger partial charge is 0.481 e. The summed E-state index contributed by atoms with van der Waals surface area (Å²) in [5.41, 5.74) is 1.22. The van der Waals surface area contributed by atoms with Crippen LogP contribution in [-0.4, -0.2) is 11.1 Å². The van der Waals surface area contributed by atoms with Crippen molar-refractivity contribution in [3.05, 3.63) is 48.6 Å². The van der Waals surface area contributed by atoms with Crippen molar-refractivity contribution in [3.63, 3.8) is 0 Å². The predicted octanol–water partition coefficient (Wildman–Crippen LogP) is 3.53. The number of aryl methyl sites for hydroxylation is 1. The van der Waals surface area contributed by atoms with E-state index in [0.29, 0.717) is 0 Å². The Kier molecular flexibility index (Phi) is 3.55. The van der Waals surface area contributed by atoms with Crippen molar-refractivity contribution in [2.75, 3.05) is 0 Å². The molecule has 1 aromatic carbocycles. The summed E-state index contributed by atoms with van der Waals surface area (Å²) in [5.74, 6) is -0.590. The highest BCUT2D eigenvalue weighted by atomic mass is 16.4. The zero-order valence-corrected chi connectivity index (χ0v) is 10.8. The van der Waals surface area contributed by atoms with Gasteiger partial charge in [0.05, 0.1) is 5.92 Å². The van der Waals surface area contributed by atoms with Crippen molar-refractivity contribution >= 4 is 5.97 Å². The third-order valence-electron chi connectivity index (χ3n) is 4.33. The second kappa shape index (κ2) is 4.97.